The molecule has 7 nitrogen and oxygen atoms in total. The third-order valence-electron chi connectivity index (χ3n) is 5.58. The van der Waals surface area contributed by atoms with Crippen molar-refractivity contribution in [3.05, 3.63) is 72.6 Å². The Balaban J connectivity index is 1.31. The highest BCUT2D eigenvalue weighted by molar-refractivity contribution is 7.80. The zero-order valence-corrected chi connectivity index (χ0v) is 20.5. The summed E-state index contributed by atoms with van der Waals surface area (Å²) in [5.41, 5.74) is 1.26. The first-order valence-electron chi connectivity index (χ1n) is 11.7. The van der Waals surface area contributed by atoms with E-state index in [1.165, 1.54) is 30.8 Å². The average Bonchev–Trinajstić information content (AvgIpc) is 2.85. The van der Waals surface area contributed by atoms with Crippen LogP contribution in [0.1, 0.15) is 42.6 Å². The molecule has 37 heavy (non-hydrogen) atoms. The predicted molar refractivity (Wildman–Crippen MR) is 138 cm³/mol. The van der Waals surface area contributed by atoms with Crippen molar-refractivity contribution in [2.45, 2.75) is 44.5 Å². The van der Waals surface area contributed by atoms with Gasteiger partial charge < -0.3 is 25.4 Å². The van der Waals surface area contributed by atoms with E-state index in [9.17, 15) is 18.0 Å². The van der Waals surface area contributed by atoms with Gasteiger partial charge in [0.05, 0.1) is 0 Å². The van der Waals surface area contributed by atoms with Gasteiger partial charge in [-0.15, -0.1) is 13.2 Å². The SMILES string of the molecule is O=C(NC1CCCCC1)c1cc(Oc2ccc(NC(=S)Nc3cccc(OC(F)(F)F)c3)cc2)ccn1. The Hall–Kier alpha value is -3.86. The number of rotatable bonds is 7. The molecule has 0 bridgehead atoms. The van der Waals surface area contributed by atoms with Crippen LogP contribution in [0.15, 0.2) is 66.9 Å². The number of hydrogen-bond donors (Lipinski definition) is 3. The normalized spacial score (nSPS) is 13.9. The van der Waals surface area contributed by atoms with E-state index in [2.05, 4.69) is 25.7 Å². The van der Waals surface area contributed by atoms with Gasteiger partial charge >= 0.3 is 6.36 Å². The number of nitrogens with one attached hydrogen (secondary N) is 3. The van der Waals surface area contributed by atoms with Crippen molar-refractivity contribution in [3.63, 3.8) is 0 Å². The summed E-state index contributed by atoms with van der Waals surface area (Å²) in [5.74, 6) is 0.440. The van der Waals surface area contributed by atoms with E-state index < -0.39 is 6.36 Å². The third kappa shape index (κ3) is 8.35. The highest BCUT2D eigenvalue weighted by Crippen LogP contribution is 2.26. The average molecular weight is 531 g/mol. The van der Waals surface area contributed by atoms with Crippen LogP contribution in [-0.4, -0.2) is 28.4 Å². The van der Waals surface area contributed by atoms with Gasteiger partial charge in [0.15, 0.2) is 5.11 Å². The van der Waals surface area contributed by atoms with Crippen molar-refractivity contribution in [1.82, 2.24) is 10.3 Å². The zero-order chi connectivity index (χ0) is 26.3. The summed E-state index contributed by atoms with van der Waals surface area (Å²) in [5, 5.41) is 8.99. The quantitative estimate of drug-likeness (QED) is 0.295. The predicted octanol–water partition coefficient (Wildman–Crippen LogP) is 6.64. The highest BCUT2D eigenvalue weighted by Gasteiger charge is 2.31. The van der Waals surface area contributed by atoms with Gasteiger partial charge in [-0.2, -0.15) is 0 Å². The molecule has 0 saturated heterocycles. The molecule has 1 saturated carbocycles. The van der Waals surface area contributed by atoms with Gasteiger partial charge in [-0.3, -0.25) is 9.78 Å². The van der Waals surface area contributed by atoms with Gasteiger partial charge in [0.25, 0.3) is 5.91 Å². The van der Waals surface area contributed by atoms with Crippen LogP contribution >= 0.6 is 12.2 Å². The summed E-state index contributed by atoms with van der Waals surface area (Å²) in [6.07, 6.45) is 2.17. The number of amides is 1. The van der Waals surface area contributed by atoms with Gasteiger partial charge in [0.2, 0.25) is 0 Å². The topological polar surface area (TPSA) is 84.5 Å². The lowest BCUT2D eigenvalue weighted by Gasteiger charge is -2.22. The smallest absolute Gasteiger partial charge is 0.457 e. The fourth-order valence-electron chi connectivity index (χ4n) is 3.91. The molecule has 0 radical (unpaired) electrons. The third-order valence-corrected chi connectivity index (χ3v) is 5.78. The first-order valence-corrected chi connectivity index (χ1v) is 12.1. The Bertz CT molecular complexity index is 1230. The largest absolute Gasteiger partial charge is 0.573 e. The molecule has 0 atom stereocenters. The number of anilines is 2. The number of hydrogen-bond acceptors (Lipinski definition) is 5. The summed E-state index contributed by atoms with van der Waals surface area (Å²) < 4.78 is 47.1. The Morgan fingerprint density at radius 2 is 1.62 bits per heavy atom. The van der Waals surface area contributed by atoms with Crippen LogP contribution in [0.4, 0.5) is 24.5 Å². The number of thiocarbonyl (C=S) groups is 1. The standard InChI is InChI=1S/C26H25F3N4O3S/c27-26(28,29)36-22-8-4-7-19(15-22)33-25(37)32-18-9-11-20(12-10-18)35-21-13-14-30-23(16-21)24(34)31-17-5-2-1-3-6-17/h4,7-17H,1-3,5-6H2,(H,31,34)(H2,32,33,37). The molecule has 4 rings (SSSR count). The monoisotopic (exact) mass is 530 g/mol. The fourth-order valence-corrected chi connectivity index (χ4v) is 4.15. The molecule has 0 aliphatic heterocycles. The van der Waals surface area contributed by atoms with E-state index in [0.29, 0.717) is 28.6 Å². The Morgan fingerprint density at radius 1 is 0.892 bits per heavy atom. The van der Waals surface area contributed by atoms with Gasteiger partial charge in [-0.25, -0.2) is 0 Å². The number of ether oxygens (including phenoxy) is 2. The van der Waals surface area contributed by atoms with Crippen LogP contribution in [0, 0.1) is 0 Å². The highest BCUT2D eigenvalue weighted by atomic mass is 32.1. The minimum absolute atomic E-state index is 0.181. The second-order valence-electron chi connectivity index (χ2n) is 8.47. The molecule has 0 unspecified atom stereocenters. The molecule has 1 aromatic heterocycles. The van der Waals surface area contributed by atoms with Crippen molar-refractivity contribution >= 4 is 34.6 Å². The molecule has 3 aromatic rings. The van der Waals surface area contributed by atoms with Crippen LogP contribution in [0.2, 0.25) is 0 Å². The van der Waals surface area contributed by atoms with Crippen LogP contribution in [0.25, 0.3) is 0 Å². The van der Waals surface area contributed by atoms with Gasteiger partial charge in [-0.05, 0) is 67.5 Å². The number of carbonyl (C=O) groups excluding carboxylic acids is 1. The molecular formula is C26H25F3N4O3S. The van der Waals surface area contributed by atoms with E-state index in [0.717, 1.165) is 25.7 Å². The maximum absolute atomic E-state index is 12.6. The van der Waals surface area contributed by atoms with Crippen LogP contribution in [0.3, 0.4) is 0 Å². The number of alkyl halides is 3. The fraction of sp³-hybridized carbons (Fsp3) is 0.269. The van der Waals surface area contributed by atoms with E-state index in [1.807, 2.05) is 0 Å². The number of benzene rings is 2. The molecule has 2 aromatic carbocycles. The Morgan fingerprint density at radius 3 is 2.35 bits per heavy atom. The summed E-state index contributed by atoms with van der Waals surface area (Å²) in [7, 11) is 0. The number of carbonyl (C=O) groups is 1. The Labute approximate surface area is 217 Å². The lowest BCUT2D eigenvalue weighted by molar-refractivity contribution is -0.274. The summed E-state index contributed by atoms with van der Waals surface area (Å²) in [6.45, 7) is 0. The molecule has 0 spiro atoms. The first kappa shape index (κ1) is 26.2. The molecule has 194 valence electrons. The van der Waals surface area contributed by atoms with Crippen molar-refractivity contribution in [2.24, 2.45) is 0 Å². The molecule has 1 aliphatic rings. The molecular weight excluding hydrogens is 505 g/mol. The maximum Gasteiger partial charge on any atom is 0.573 e. The van der Waals surface area contributed by atoms with Crippen molar-refractivity contribution in [2.75, 3.05) is 10.6 Å². The van der Waals surface area contributed by atoms with Gasteiger partial charge in [0, 0.05) is 35.7 Å². The van der Waals surface area contributed by atoms with Crippen molar-refractivity contribution in [1.29, 1.82) is 0 Å². The second-order valence-corrected chi connectivity index (χ2v) is 8.87. The lowest BCUT2D eigenvalue weighted by atomic mass is 9.95. The minimum atomic E-state index is -4.78. The van der Waals surface area contributed by atoms with E-state index in [-0.39, 0.29) is 22.8 Å². The summed E-state index contributed by atoms with van der Waals surface area (Å²) in [6, 6.07) is 15.7. The van der Waals surface area contributed by atoms with E-state index in [4.69, 9.17) is 17.0 Å². The first-order chi connectivity index (χ1) is 17.7. The summed E-state index contributed by atoms with van der Waals surface area (Å²) in [4.78, 5) is 16.7. The molecule has 1 amide bonds. The minimum Gasteiger partial charge on any atom is -0.457 e. The van der Waals surface area contributed by atoms with E-state index >= 15 is 0 Å². The zero-order valence-electron chi connectivity index (χ0n) is 19.7. The second kappa shape index (κ2) is 11.9. The van der Waals surface area contributed by atoms with Crippen LogP contribution in [-0.2, 0) is 0 Å². The number of aromatic nitrogens is 1. The molecule has 3 N–H and O–H groups in total. The molecule has 1 heterocycles. The van der Waals surface area contributed by atoms with E-state index in [1.54, 1.807) is 42.5 Å². The maximum atomic E-state index is 12.6. The number of pyridine rings is 1. The lowest BCUT2D eigenvalue weighted by Crippen LogP contribution is -2.36. The molecule has 1 fully saturated rings. The van der Waals surface area contributed by atoms with Crippen LogP contribution < -0.4 is 25.4 Å². The summed E-state index contributed by atoms with van der Waals surface area (Å²) >= 11 is 5.24. The molecule has 1 aliphatic carbocycles. The van der Waals surface area contributed by atoms with Crippen LogP contribution in [0.5, 0.6) is 17.2 Å². The van der Waals surface area contributed by atoms with Gasteiger partial charge in [-0.1, -0.05) is 25.3 Å². The number of nitrogens with zero attached hydrogens (tertiary/aromatic N) is 1. The Kier molecular flexibility index (Phi) is 8.44. The van der Waals surface area contributed by atoms with Crippen molar-refractivity contribution in [3.8, 4) is 17.2 Å². The molecule has 11 heteroatoms. The van der Waals surface area contributed by atoms with Gasteiger partial charge in [0.1, 0.15) is 22.9 Å². The van der Waals surface area contributed by atoms with Crippen molar-refractivity contribution < 1.29 is 27.4 Å². The number of halogens is 3.